The van der Waals surface area contributed by atoms with Crippen molar-refractivity contribution in [2.24, 2.45) is 0 Å². The van der Waals surface area contributed by atoms with E-state index in [1.807, 2.05) is 0 Å². The topological polar surface area (TPSA) is 0 Å². The maximum Gasteiger partial charge on any atom is 1.00 e. The van der Waals surface area contributed by atoms with Gasteiger partial charge in [-0.05, 0) is 0 Å². The van der Waals surface area contributed by atoms with Crippen LogP contribution in [0.3, 0.4) is 0 Å². The quantitative estimate of drug-likeness (QED) is 0.478. The summed E-state index contributed by atoms with van der Waals surface area (Å²) in [5, 5.41) is 0. The van der Waals surface area contributed by atoms with Crippen LogP contribution in [0.25, 0.3) is 0 Å². The second-order valence-electron chi connectivity index (χ2n) is 4.46. The molecule has 0 aromatic rings. The van der Waals surface area contributed by atoms with Gasteiger partial charge in [0.1, 0.15) is 0 Å². The van der Waals surface area contributed by atoms with Gasteiger partial charge in [-0.25, -0.2) is 0 Å². The summed E-state index contributed by atoms with van der Waals surface area (Å²) in [6, 6.07) is 0. The van der Waals surface area contributed by atoms with Crippen molar-refractivity contribution in [3.8, 4) is 0 Å². The van der Waals surface area contributed by atoms with Crippen molar-refractivity contribution in [3.05, 3.63) is 0 Å². The van der Waals surface area contributed by atoms with E-state index in [9.17, 15) is 0 Å². The van der Waals surface area contributed by atoms with E-state index >= 15 is 0 Å². The van der Waals surface area contributed by atoms with Crippen molar-refractivity contribution >= 4 is 26.2 Å². The smallest absolute Gasteiger partial charge is 1.00 e. The largest absolute Gasteiger partial charge is 1.00 e. The van der Waals surface area contributed by atoms with E-state index in [1.54, 1.807) is 0 Å². The molecule has 0 aliphatic rings. The molecule has 0 radical (unpaired) electrons. The molecule has 86 valence electrons. The van der Waals surface area contributed by atoms with Crippen molar-refractivity contribution < 1.29 is 1.43 Å². The number of unbranched alkanes of at least 4 members (excludes halogenated alkanes) is 3. The maximum absolute atomic E-state index is 6.89. The Morgan fingerprint density at radius 1 is 0.786 bits per heavy atom. The monoisotopic (exact) mass is 327 g/mol. The molecule has 0 spiro atoms. The molecule has 0 aromatic heterocycles. The first-order valence-corrected chi connectivity index (χ1v) is 16.0. The Kier molecular flexibility index (Phi) is 10.0. The molecule has 0 aromatic carbocycles. The van der Waals surface area contributed by atoms with Gasteiger partial charge < -0.3 is 0 Å². The molecular formula is C12H28ClSn+. The molecule has 0 heterocycles. The van der Waals surface area contributed by atoms with Crippen molar-refractivity contribution in [3.63, 3.8) is 0 Å². The molecule has 0 saturated heterocycles. The van der Waals surface area contributed by atoms with Crippen LogP contribution in [-0.4, -0.2) is 17.3 Å². The Morgan fingerprint density at radius 3 is 1.29 bits per heavy atom. The van der Waals surface area contributed by atoms with Crippen LogP contribution in [0.4, 0.5) is 0 Å². The summed E-state index contributed by atoms with van der Waals surface area (Å²) in [6.07, 6.45) is 8.12. The third-order valence-electron chi connectivity index (χ3n) is 2.94. The fourth-order valence-electron chi connectivity index (χ4n) is 1.86. The summed E-state index contributed by atoms with van der Waals surface area (Å²) >= 11 is -2.09. The molecular weight excluding hydrogens is 298 g/mol. The predicted octanol–water partition coefficient (Wildman–Crippen LogP) is 5.68. The Labute approximate surface area is 99.9 Å². The summed E-state index contributed by atoms with van der Waals surface area (Å²) in [6.45, 7) is 6.84. The van der Waals surface area contributed by atoms with E-state index in [0.29, 0.717) is 0 Å². The Bertz CT molecular complexity index is 109. The van der Waals surface area contributed by atoms with Gasteiger partial charge in [-0.2, -0.15) is 0 Å². The van der Waals surface area contributed by atoms with Gasteiger partial charge in [0, 0.05) is 0 Å². The number of hydrogen-bond donors (Lipinski definition) is 0. The van der Waals surface area contributed by atoms with E-state index in [-0.39, 0.29) is 1.43 Å². The fraction of sp³-hybridized carbons (Fsp3) is 1.00. The maximum atomic E-state index is 6.89. The molecule has 0 N–H and O–H groups in total. The van der Waals surface area contributed by atoms with Crippen LogP contribution in [0.15, 0.2) is 0 Å². The van der Waals surface area contributed by atoms with E-state index in [4.69, 9.17) is 8.92 Å². The first kappa shape index (κ1) is 15.1. The van der Waals surface area contributed by atoms with Crippen molar-refractivity contribution in [1.82, 2.24) is 0 Å². The van der Waals surface area contributed by atoms with Crippen LogP contribution < -0.4 is 0 Å². The first-order chi connectivity index (χ1) is 6.68. The predicted molar refractivity (Wildman–Crippen MR) is 71.9 cm³/mol. The van der Waals surface area contributed by atoms with Crippen molar-refractivity contribution in [2.45, 2.75) is 72.6 Å². The van der Waals surface area contributed by atoms with E-state index < -0.39 is 17.3 Å². The standard InChI is InChI=1S/3C4H9.ClH.Sn/c3*1-3-4-2;;/h3*1,3-4H2,2H3;1H;/q;;;;+1. The van der Waals surface area contributed by atoms with Gasteiger partial charge in [-0.15, -0.1) is 0 Å². The number of hydrogen-bond acceptors (Lipinski definition) is 0. The van der Waals surface area contributed by atoms with Gasteiger partial charge in [0.15, 0.2) is 0 Å². The van der Waals surface area contributed by atoms with Crippen LogP contribution in [0.1, 0.15) is 60.7 Å². The van der Waals surface area contributed by atoms with Gasteiger partial charge in [-0.1, -0.05) is 0 Å². The van der Waals surface area contributed by atoms with E-state index in [2.05, 4.69) is 20.8 Å². The van der Waals surface area contributed by atoms with Gasteiger partial charge in [0.25, 0.3) is 0 Å². The third kappa shape index (κ3) is 7.39. The van der Waals surface area contributed by atoms with E-state index in [1.165, 1.54) is 51.8 Å². The van der Waals surface area contributed by atoms with Crippen LogP contribution in [-0.2, 0) is 0 Å². The molecule has 2 heteroatoms. The zero-order valence-electron chi connectivity index (χ0n) is 11.2. The summed E-state index contributed by atoms with van der Waals surface area (Å²) < 4.78 is 4.27. The zero-order chi connectivity index (χ0) is 10.9. The Morgan fingerprint density at radius 2 is 1.07 bits per heavy atom. The first-order valence-electron chi connectivity index (χ1n) is 6.37. The minimum Gasteiger partial charge on any atom is 1.00 e. The van der Waals surface area contributed by atoms with Gasteiger partial charge in [-0.3, -0.25) is 0 Å². The molecule has 0 amide bonds. The van der Waals surface area contributed by atoms with Crippen molar-refractivity contribution in [1.29, 1.82) is 0 Å². The molecule has 0 nitrogen and oxygen atoms in total. The minimum atomic E-state index is -2.09. The average molecular weight is 327 g/mol. The van der Waals surface area contributed by atoms with Crippen molar-refractivity contribution in [2.75, 3.05) is 0 Å². The fourth-order valence-corrected chi connectivity index (χ4v) is 15.1. The van der Waals surface area contributed by atoms with Gasteiger partial charge >= 0.3 is 100 Å². The minimum absolute atomic E-state index is 0. The molecule has 0 unspecified atom stereocenters. The normalized spacial score (nSPS) is 12.0. The Balaban J connectivity index is 0. The van der Waals surface area contributed by atoms with Crippen LogP contribution in [0.5, 0.6) is 0 Å². The molecule has 0 atom stereocenters. The Hall–Kier alpha value is 1.09. The van der Waals surface area contributed by atoms with Gasteiger partial charge in [0.2, 0.25) is 0 Å². The summed E-state index contributed by atoms with van der Waals surface area (Å²) in [5.74, 6) is 0. The molecule has 0 rings (SSSR count). The van der Waals surface area contributed by atoms with Crippen LogP contribution >= 0.6 is 8.92 Å². The summed E-state index contributed by atoms with van der Waals surface area (Å²) in [4.78, 5) is 0. The SMILES string of the molecule is CCC[CH2][Sn]([Cl])([CH2]CCC)[CH2]CCC.[H+]. The molecule has 0 fully saturated rings. The summed E-state index contributed by atoms with van der Waals surface area (Å²) in [7, 11) is 6.89. The molecule has 0 saturated carbocycles. The molecule has 14 heavy (non-hydrogen) atoms. The molecule has 0 bridgehead atoms. The molecule has 0 aliphatic carbocycles. The van der Waals surface area contributed by atoms with E-state index in [0.717, 1.165) is 0 Å². The second kappa shape index (κ2) is 9.32. The number of rotatable bonds is 9. The zero-order valence-corrected chi connectivity index (χ0v) is 13.9. The van der Waals surface area contributed by atoms with Crippen LogP contribution in [0, 0.1) is 0 Å². The second-order valence-corrected chi connectivity index (χ2v) is 20.7. The average Bonchev–Trinajstić information content (AvgIpc) is 2.21. The number of halogens is 1. The van der Waals surface area contributed by atoms with Gasteiger partial charge in [0.05, 0.1) is 0 Å². The summed E-state index contributed by atoms with van der Waals surface area (Å²) in [5.41, 5.74) is 0. The third-order valence-corrected chi connectivity index (χ3v) is 17.4. The van der Waals surface area contributed by atoms with Crippen LogP contribution in [0.2, 0.25) is 13.3 Å². The molecule has 0 aliphatic heterocycles.